The lowest BCUT2D eigenvalue weighted by Gasteiger charge is -2.31. The van der Waals surface area contributed by atoms with Gasteiger partial charge in [-0.2, -0.15) is 0 Å². The fourth-order valence-electron chi connectivity index (χ4n) is 4.70. The molecule has 0 unspecified atom stereocenters. The molecule has 4 heterocycles. The SMILES string of the molecule is CCC(=O)NCC(=O)O[C@]1(I)C(=O)OCc2c1cc1n(c2=O)Cc2c-1nc1ccc(O)cc1c2CC. The minimum absolute atomic E-state index is 0.129. The zero-order valence-corrected chi connectivity index (χ0v) is 21.7. The van der Waals surface area contributed by atoms with Gasteiger partial charge in [0.25, 0.3) is 9.17 Å². The molecule has 1 amide bonds. The van der Waals surface area contributed by atoms with E-state index in [9.17, 15) is 24.3 Å². The number of aromatic nitrogens is 2. The van der Waals surface area contributed by atoms with Crippen LogP contribution < -0.4 is 10.9 Å². The Hall–Kier alpha value is -3.48. The second kappa shape index (κ2) is 8.87. The van der Waals surface area contributed by atoms with Crippen molar-refractivity contribution in [3.63, 3.8) is 0 Å². The molecule has 3 aromatic rings. The molecule has 0 saturated carbocycles. The van der Waals surface area contributed by atoms with Gasteiger partial charge in [-0.25, -0.2) is 9.78 Å². The number of cyclic esters (lactones) is 1. The molecule has 1 atom stereocenters. The summed E-state index contributed by atoms with van der Waals surface area (Å²) in [5.74, 6) is -1.87. The summed E-state index contributed by atoms with van der Waals surface area (Å²) < 4.78 is 10.4. The molecular formula is C25H22IN3O7. The van der Waals surface area contributed by atoms with Crippen molar-refractivity contribution in [3.05, 3.63) is 56.9 Å². The highest BCUT2D eigenvalue weighted by molar-refractivity contribution is 14.1. The van der Waals surface area contributed by atoms with E-state index in [0.29, 0.717) is 23.3 Å². The number of nitrogens with one attached hydrogen (secondary N) is 1. The topological polar surface area (TPSA) is 137 Å². The number of pyridine rings is 2. The number of carbonyl (C=O) groups is 3. The number of esters is 2. The summed E-state index contributed by atoms with van der Waals surface area (Å²) in [7, 11) is 0. The van der Waals surface area contributed by atoms with E-state index in [2.05, 4.69) is 5.32 Å². The van der Waals surface area contributed by atoms with Crippen molar-refractivity contribution >= 4 is 51.3 Å². The lowest BCUT2D eigenvalue weighted by atomic mass is 9.97. The molecule has 36 heavy (non-hydrogen) atoms. The number of fused-ring (bicyclic) bond motifs is 5. The van der Waals surface area contributed by atoms with Gasteiger partial charge in [0.05, 0.1) is 29.0 Å². The van der Waals surface area contributed by atoms with Crippen molar-refractivity contribution in [3.8, 4) is 17.1 Å². The van der Waals surface area contributed by atoms with Crippen LogP contribution in [0.3, 0.4) is 0 Å². The maximum absolute atomic E-state index is 13.6. The highest BCUT2D eigenvalue weighted by Crippen LogP contribution is 2.44. The molecule has 2 aliphatic heterocycles. The van der Waals surface area contributed by atoms with Crippen LogP contribution in [0.2, 0.25) is 0 Å². The number of amides is 1. The molecule has 11 heteroatoms. The van der Waals surface area contributed by atoms with Crippen LogP contribution in [0.1, 0.15) is 42.5 Å². The van der Waals surface area contributed by atoms with Gasteiger partial charge in [0.1, 0.15) is 18.9 Å². The standard InChI is InChI=1S/C25H22IN3O7/c1-3-13-14-7-12(30)5-6-18(14)28-22-15(13)10-29-19(22)8-17-16(23(29)33)11-35-24(34)25(17,26)36-21(32)9-27-20(31)4-2/h5-8,30H,3-4,9-11H2,1-2H3,(H,27,31)/t25-/m0/s1. The number of carbonyl (C=O) groups excluding carboxylic acids is 3. The molecule has 2 aromatic heterocycles. The molecule has 0 radical (unpaired) electrons. The van der Waals surface area contributed by atoms with Gasteiger partial charge in [-0.15, -0.1) is 0 Å². The quantitative estimate of drug-likeness (QED) is 0.202. The third kappa shape index (κ3) is 3.72. The summed E-state index contributed by atoms with van der Waals surface area (Å²) in [5.41, 5.74) is 3.68. The Balaban J connectivity index is 1.64. The van der Waals surface area contributed by atoms with E-state index in [4.69, 9.17) is 14.5 Å². The van der Waals surface area contributed by atoms with Crippen molar-refractivity contribution in [1.82, 2.24) is 14.9 Å². The molecule has 0 bridgehead atoms. The van der Waals surface area contributed by atoms with E-state index in [0.717, 1.165) is 16.5 Å². The Morgan fingerprint density at radius 2 is 2.03 bits per heavy atom. The van der Waals surface area contributed by atoms with E-state index >= 15 is 0 Å². The molecule has 186 valence electrons. The number of nitrogens with zero attached hydrogens (tertiary/aromatic N) is 2. The first-order valence-corrected chi connectivity index (χ1v) is 12.5. The number of hydrogen-bond acceptors (Lipinski definition) is 8. The number of phenolic OH excluding ortho intramolecular Hbond substituents is 1. The van der Waals surface area contributed by atoms with E-state index in [1.165, 1.54) is 0 Å². The van der Waals surface area contributed by atoms with E-state index in [1.54, 1.807) is 58.3 Å². The smallest absolute Gasteiger partial charge is 0.366 e. The lowest BCUT2D eigenvalue weighted by Crippen LogP contribution is -2.45. The predicted molar refractivity (Wildman–Crippen MR) is 136 cm³/mol. The number of rotatable bonds is 5. The molecule has 0 spiro atoms. The fourth-order valence-corrected chi connectivity index (χ4v) is 5.58. The first-order valence-electron chi connectivity index (χ1n) is 11.4. The van der Waals surface area contributed by atoms with Crippen LogP contribution in [0.15, 0.2) is 29.1 Å². The normalized spacial score (nSPS) is 17.7. The number of alkyl halides is 1. The monoisotopic (exact) mass is 603 g/mol. The van der Waals surface area contributed by atoms with Gasteiger partial charge in [-0.1, -0.05) is 13.8 Å². The summed E-state index contributed by atoms with van der Waals surface area (Å²) >= 11 is 1.68. The molecule has 1 aromatic carbocycles. The minimum Gasteiger partial charge on any atom is -0.508 e. The average molecular weight is 603 g/mol. The van der Waals surface area contributed by atoms with Gasteiger partial charge in [0, 0.05) is 22.9 Å². The van der Waals surface area contributed by atoms with Crippen LogP contribution in [-0.4, -0.2) is 39.0 Å². The minimum atomic E-state index is -1.90. The van der Waals surface area contributed by atoms with Crippen LogP contribution in [0, 0.1) is 0 Å². The van der Waals surface area contributed by atoms with Gasteiger partial charge in [0.2, 0.25) is 5.91 Å². The van der Waals surface area contributed by atoms with E-state index in [1.807, 2.05) is 6.92 Å². The highest BCUT2D eigenvalue weighted by Gasteiger charge is 2.50. The summed E-state index contributed by atoms with van der Waals surface area (Å²) in [6, 6.07) is 6.59. The maximum Gasteiger partial charge on any atom is 0.366 e. The van der Waals surface area contributed by atoms with Crippen LogP contribution in [0.4, 0.5) is 0 Å². The van der Waals surface area contributed by atoms with Gasteiger partial charge in [-0.05, 0) is 58.8 Å². The molecule has 2 aliphatic rings. The largest absolute Gasteiger partial charge is 0.508 e. The zero-order valence-electron chi connectivity index (χ0n) is 19.5. The van der Waals surface area contributed by atoms with Crippen molar-refractivity contribution in [2.45, 2.75) is 43.4 Å². The number of aromatic hydroxyl groups is 1. The fraction of sp³-hybridized carbons (Fsp3) is 0.320. The first kappa shape index (κ1) is 24.2. The zero-order chi connectivity index (χ0) is 25.8. The van der Waals surface area contributed by atoms with Gasteiger partial charge >= 0.3 is 11.9 Å². The molecule has 0 saturated heterocycles. The molecule has 0 aliphatic carbocycles. The van der Waals surface area contributed by atoms with Crippen molar-refractivity contribution in [2.75, 3.05) is 6.54 Å². The van der Waals surface area contributed by atoms with Gasteiger partial charge in [0.15, 0.2) is 0 Å². The number of ether oxygens (including phenoxy) is 2. The third-order valence-electron chi connectivity index (χ3n) is 6.46. The van der Waals surface area contributed by atoms with Crippen LogP contribution in [0.25, 0.3) is 22.3 Å². The maximum atomic E-state index is 13.6. The highest BCUT2D eigenvalue weighted by atomic mass is 127. The Morgan fingerprint density at radius 3 is 2.75 bits per heavy atom. The molecule has 0 fully saturated rings. The average Bonchev–Trinajstić information content (AvgIpc) is 3.22. The number of halogens is 1. The van der Waals surface area contributed by atoms with Gasteiger partial charge < -0.3 is 24.5 Å². The lowest BCUT2D eigenvalue weighted by molar-refractivity contribution is -0.173. The molecule has 5 rings (SSSR count). The summed E-state index contributed by atoms with van der Waals surface area (Å²) in [4.78, 5) is 55.2. The summed E-state index contributed by atoms with van der Waals surface area (Å²) in [5, 5.41) is 13.2. The van der Waals surface area contributed by atoms with Crippen molar-refractivity contribution in [1.29, 1.82) is 0 Å². The molecule has 10 nitrogen and oxygen atoms in total. The number of benzene rings is 1. The van der Waals surface area contributed by atoms with Crippen molar-refractivity contribution < 1.29 is 29.0 Å². The number of hydrogen-bond donors (Lipinski definition) is 2. The summed E-state index contributed by atoms with van der Waals surface area (Å²) in [6.45, 7) is 3.25. The third-order valence-corrected chi connectivity index (χ3v) is 7.70. The molecular weight excluding hydrogens is 581 g/mol. The number of phenols is 1. The Morgan fingerprint density at radius 1 is 1.25 bits per heavy atom. The van der Waals surface area contributed by atoms with Crippen LogP contribution in [0.5, 0.6) is 5.75 Å². The van der Waals surface area contributed by atoms with E-state index < -0.39 is 22.1 Å². The Labute approximate surface area is 218 Å². The first-order chi connectivity index (χ1) is 17.2. The summed E-state index contributed by atoms with van der Waals surface area (Å²) in [6.07, 6.45) is 0.850. The Kier molecular flexibility index (Phi) is 5.97. The van der Waals surface area contributed by atoms with Crippen LogP contribution >= 0.6 is 22.6 Å². The molecule has 2 N–H and O–H groups in total. The van der Waals surface area contributed by atoms with Crippen molar-refractivity contribution in [2.24, 2.45) is 0 Å². The van der Waals surface area contributed by atoms with E-state index in [-0.39, 0.29) is 47.9 Å². The Bertz CT molecular complexity index is 1530. The second-order valence-corrected chi connectivity index (χ2v) is 10.1. The van der Waals surface area contributed by atoms with Crippen LogP contribution in [-0.2, 0) is 47.0 Å². The van der Waals surface area contributed by atoms with Gasteiger partial charge in [-0.3, -0.25) is 14.4 Å². The predicted octanol–water partition coefficient (Wildman–Crippen LogP) is 2.41. The number of aryl methyl sites for hydroxylation is 1. The second-order valence-electron chi connectivity index (χ2n) is 8.56.